The fourth-order valence-corrected chi connectivity index (χ4v) is 0.521. The predicted octanol–water partition coefficient (Wildman–Crippen LogP) is -0.942. The van der Waals surface area contributed by atoms with E-state index in [-0.39, 0.29) is 12.2 Å². The minimum atomic E-state index is -0.402. The summed E-state index contributed by atoms with van der Waals surface area (Å²) in [6.45, 7) is -0.0221. The van der Waals surface area contributed by atoms with Crippen LogP contribution in [0.15, 0.2) is 6.20 Å². The SMILES string of the molecule is N#CCNC(=O)c1cn[nH]n1. The Kier molecular flexibility index (Phi) is 2.17. The van der Waals surface area contributed by atoms with Gasteiger partial charge in [-0.3, -0.25) is 4.79 Å². The number of carbonyl (C=O) groups excluding carboxylic acids is 1. The van der Waals surface area contributed by atoms with Crippen LogP contribution in [0.5, 0.6) is 0 Å². The maximum atomic E-state index is 10.9. The molecular formula is C5H5N5O. The van der Waals surface area contributed by atoms with Gasteiger partial charge < -0.3 is 5.32 Å². The number of carbonyl (C=O) groups is 1. The number of H-pyrrole nitrogens is 1. The van der Waals surface area contributed by atoms with Gasteiger partial charge >= 0.3 is 0 Å². The van der Waals surface area contributed by atoms with E-state index in [4.69, 9.17) is 5.26 Å². The van der Waals surface area contributed by atoms with E-state index in [9.17, 15) is 4.79 Å². The molecule has 11 heavy (non-hydrogen) atoms. The first-order chi connectivity index (χ1) is 5.34. The minimum Gasteiger partial charge on any atom is -0.337 e. The van der Waals surface area contributed by atoms with Crippen LogP contribution < -0.4 is 5.32 Å². The number of nitrogens with zero attached hydrogens (tertiary/aromatic N) is 3. The summed E-state index contributed by atoms with van der Waals surface area (Å²) in [6.07, 6.45) is 1.28. The number of aromatic amines is 1. The van der Waals surface area contributed by atoms with Gasteiger partial charge in [-0.25, -0.2) is 0 Å². The standard InChI is InChI=1S/C5H5N5O/c6-1-2-7-5(11)4-3-8-10-9-4/h3H,2H2,(H,7,11)(H,8,9,10). The molecule has 0 aliphatic rings. The van der Waals surface area contributed by atoms with E-state index in [0.29, 0.717) is 0 Å². The first kappa shape index (κ1) is 7.21. The molecule has 0 aromatic carbocycles. The Labute approximate surface area is 62.2 Å². The Morgan fingerprint density at radius 2 is 2.73 bits per heavy atom. The van der Waals surface area contributed by atoms with Crippen LogP contribution in [0.2, 0.25) is 0 Å². The molecule has 56 valence electrons. The molecule has 0 aliphatic carbocycles. The highest BCUT2D eigenvalue weighted by molar-refractivity contribution is 5.91. The number of hydrogen-bond donors (Lipinski definition) is 2. The number of nitriles is 1. The van der Waals surface area contributed by atoms with Crippen LogP contribution in [0, 0.1) is 11.3 Å². The summed E-state index contributed by atoms with van der Waals surface area (Å²) in [5.74, 6) is -0.402. The fraction of sp³-hybridized carbons (Fsp3) is 0.200. The molecule has 0 spiro atoms. The third kappa shape index (κ3) is 1.76. The van der Waals surface area contributed by atoms with Gasteiger partial charge in [0.1, 0.15) is 6.54 Å². The van der Waals surface area contributed by atoms with Gasteiger partial charge in [-0.15, -0.1) is 0 Å². The third-order valence-electron chi connectivity index (χ3n) is 0.976. The highest BCUT2D eigenvalue weighted by Crippen LogP contribution is 1.85. The molecule has 2 N–H and O–H groups in total. The van der Waals surface area contributed by atoms with Gasteiger partial charge in [-0.1, -0.05) is 0 Å². The Morgan fingerprint density at radius 1 is 1.91 bits per heavy atom. The van der Waals surface area contributed by atoms with Gasteiger partial charge in [0.15, 0.2) is 5.69 Å². The zero-order valence-corrected chi connectivity index (χ0v) is 5.53. The molecule has 1 aromatic heterocycles. The summed E-state index contributed by atoms with van der Waals surface area (Å²) in [6, 6.07) is 1.77. The fourth-order valence-electron chi connectivity index (χ4n) is 0.521. The van der Waals surface area contributed by atoms with Crippen molar-refractivity contribution in [3.63, 3.8) is 0 Å². The molecule has 1 heterocycles. The monoisotopic (exact) mass is 151 g/mol. The van der Waals surface area contributed by atoms with Gasteiger partial charge in [0.25, 0.3) is 5.91 Å². The smallest absolute Gasteiger partial charge is 0.274 e. The largest absolute Gasteiger partial charge is 0.337 e. The maximum Gasteiger partial charge on any atom is 0.274 e. The summed E-state index contributed by atoms with van der Waals surface area (Å²) >= 11 is 0. The van der Waals surface area contributed by atoms with Crippen LogP contribution in [0.1, 0.15) is 10.5 Å². The van der Waals surface area contributed by atoms with Gasteiger partial charge in [0, 0.05) is 0 Å². The number of rotatable bonds is 2. The average molecular weight is 151 g/mol. The van der Waals surface area contributed by atoms with Crippen LogP contribution >= 0.6 is 0 Å². The number of amides is 1. The lowest BCUT2D eigenvalue weighted by Gasteiger charge is -1.92. The molecule has 6 nitrogen and oxygen atoms in total. The predicted molar refractivity (Wildman–Crippen MR) is 34.3 cm³/mol. The van der Waals surface area contributed by atoms with Gasteiger partial charge in [0.05, 0.1) is 12.3 Å². The highest BCUT2D eigenvalue weighted by Gasteiger charge is 2.05. The summed E-state index contributed by atoms with van der Waals surface area (Å²) in [4.78, 5) is 10.9. The second-order valence-electron chi connectivity index (χ2n) is 1.70. The zero-order valence-electron chi connectivity index (χ0n) is 5.53. The lowest BCUT2D eigenvalue weighted by molar-refractivity contribution is 0.0953. The minimum absolute atomic E-state index is 0.0221. The van der Waals surface area contributed by atoms with E-state index in [1.165, 1.54) is 6.20 Å². The first-order valence-corrected chi connectivity index (χ1v) is 2.85. The molecule has 0 aliphatic heterocycles. The normalized spacial score (nSPS) is 8.64. The van der Waals surface area contributed by atoms with E-state index >= 15 is 0 Å². The molecule has 0 unspecified atom stereocenters. The van der Waals surface area contributed by atoms with E-state index in [2.05, 4.69) is 20.7 Å². The molecule has 1 aromatic rings. The van der Waals surface area contributed by atoms with Crippen molar-refractivity contribution >= 4 is 5.91 Å². The molecule has 0 radical (unpaired) electrons. The van der Waals surface area contributed by atoms with Crippen molar-refractivity contribution in [3.05, 3.63) is 11.9 Å². The van der Waals surface area contributed by atoms with Gasteiger partial charge in [0.2, 0.25) is 0 Å². The van der Waals surface area contributed by atoms with E-state index in [1.54, 1.807) is 6.07 Å². The molecule has 1 amide bonds. The van der Waals surface area contributed by atoms with Crippen molar-refractivity contribution in [1.82, 2.24) is 20.7 Å². The zero-order chi connectivity index (χ0) is 8.10. The average Bonchev–Trinajstić information content (AvgIpc) is 2.52. The second-order valence-corrected chi connectivity index (χ2v) is 1.70. The molecule has 0 atom stereocenters. The Balaban J connectivity index is 2.51. The summed E-state index contributed by atoms with van der Waals surface area (Å²) < 4.78 is 0. The molecule has 0 saturated carbocycles. The van der Waals surface area contributed by atoms with E-state index in [1.807, 2.05) is 0 Å². The Hall–Kier alpha value is -1.90. The lowest BCUT2D eigenvalue weighted by atomic mass is 10.4. The van der Waals surface area contributed by atoms with Crippen molar-refractivity contribution in [3.8, 4) is 6.07 Å². The van der Waals surface area contributed by atoms with Crippen molar-refractivity contribution < 1.29 is 4.79 Å². The van der Waals surface area contributed by atoms with Crippen LogP contribution in [-0.2, 0) is 0 Å². The highest BCUT2D eigenvalue weighted by atomic mass is 16.1. The number of hydrogen-bond acceptors (Lipinski definition) is 4. The Morgan fingerprint density at radius 3 is 3.27 bits per heavy atom. The molecular weight excluding hydrogens is 146 g/mol. The molecule has 0 fully saturated rings. The third-order valence-corrected chi connectivity index (χ3v) is 0.976. The van der Waals surface area contributed by atoms with Crippen LogP contribution in [-0.4, -0.2) is 27.9 Å². The summed E-state index contributed by atoms with van der Waals surface area (Å²) in [5, 5.41) is 19.6. The quantitative estimate of drug-likeness (QED) is 0.533. The first-order valence-electron chi connectivity index (χ1n) is 2.85. The van der Waals surface area contributed by atoms with Crippen molar-refractivity contribution in [2.75, 3.05) is 6.54 Å². The molecule has 6 heteroatoms. The van der Waals surface area contributed by atoms with E-state index < -0.39 is 5.91 Å². The van der Waals surface area contributed by atoms with Crippen LogP contribution in [0.25, 0.3) is 0 Å². The number of nitrogens with one attached hydrogen (secondary N) is 2. The molecule has 0 bridgehead atoms. The van der Waals surface area contributed by atoms with Crippen LogP contribution in [0.3, 0.4) is 0 Å². The van der Waals surface area contributed by atoms with Crippen LogP contribution in [0.4, 0.5) is 0 Å². The topological polar surface area (TPSA) is 94.5 Å². The molecule has 0 saturated heterocycles. The van der Waals surface area contributed by atoms with Gasteiger partial charge in [-0.05, 0) is 0 Å². The van der Waals surface area contributed by atoms with Crippen molar-refractivity contribution in [1.29, 1.82) is 5.26 Å². The lowest BCUT2D eigenvalue weighted by Crippen LogP contribution is -2.23. The van der Waals surface area contributed by atoms with Crippen molar-refractivity contribution in [2.24, 2.45) is 0 Å². The van der Waals surface area contributed by atoms with Crippen molar-refractivity contribution in [2.45, 2.75) is 0 Å². The molecule has 1 rings (SSSR count). The summed E-state index contributed by atoms with van der Waals surface area (Å²) in [5.41, 5.74) is 0.181. The number of aromatic nitrogens is 3. The second kappa shape index (κ2) is 3.31. The summed E-state index contributed by atoms with van der Waals surface area (Å²) in [7, 11) is 0. The maximum absolute atomic E-state index is 10.9. The Bertz CT molecular complexity index is 272. The van der Waals surface area contributed by atoms with Gasteiger partial charge in [-0.2, -0.15) is 20.7 Å². The van der Waals surface area contributed by atoms with E-state index in [0.717, 1.165) is 0 Å².